The van der Waals surface area contributed by atoms with Crippen LogP contribution >= 0.6 is 11.5 Å². The molecule has 52 valence electrons. The molecule has 0 unspecified atom stereocenters. The van der Waals surface area contributed by atoms with Gasteiger partial charge in [0.25, 0.3) is 0 Å². The molecule has 0 aliphatic rings. The summed E-state index contributed by atoms with van der Waals surface area (Å²) in [5, 5.41) is 6.28. The van der Waals surface area contributed by atoms with Gasteiger partial charge in [-0.15, -0.1) is 4.52 Å². The van der Waals surface area contributed by atoms with E-state index < -0.39 is 0 Å². The third-order valence-electron chi connectivity index (χ3n) is 1.64. The Morgan fingerprint density at radius 1 is 1.60 bits per heavy atom. The summed E-state index contributed by atoms with van der Waals surface area (Å²) in [6.45, 7) is 4.08. The van der Waals surface area contributed by atoms with Gasteiger partial charge in [-0.1, -0.05) is 0 Å². The molecule has 0 atom stereocenters. The Bertz CT molecular complexity index is 360. The molecule has 0 saturated carbocycles. The van der Waals surface area contributed by atoms with Crippen LogP contribution in [-0.2, 0) is 0 Å². The van der Waals surface area contributed by atoms with Crippen molar-refractivity contribution in [1.82, 2.24) is 9.12 Å². The second-order valence-electron chi connectivity index (χ2n) is 2.26. The summed E-state index contributed by atoms with van der Waals surface area (Å²) in [7, 11) is 0. The van der Waals surface area contributed by atoms with Crippen molar-refractivity contribution in [3.8, 4) is 0 Å². The highest BCUT2D eigenvalue weighted by Crippen LogP contribution is 1.98. The summed E-state index contributed by atoms with van der Waals surface area (Å²) < 4.78 is 3.89. The molecule has 2 heterocycles. The van der Waals surface area contributed by atoms with Crippen LogP contribution in [0.4, 0.5) is 0 Å². The zero-order valence-corrected chi connectivity index (χ0v) is 6.72. The van der Waals surface area contributed by atoms with Gasteiger partial charge in [-0.05, 0) is 0 Å². The molecule has 0 saturated heterocycles. The highest BCUT2D eigenvalue weighted by Gasteiger charge is 2.12. The van der Waals surface area contributed by atoms with E-state index in [0.717, 1.165) is 5.69 Å². The number of rotatable bonds is 0. The predicted octanol–water partition coefficient (Wildman–Crippen LogP) is 0.598. The van der Waals surface area contributed by atoms with Crippen molar-refractivity contribution in [3.05, 3.63) is 23.0 Å². The zero-order valence-electron chi connectivity index (χ0n) is 5.90. The summed E-state index contributed by atoms with van der Waals surface area (Å²) in [6, 6.07) is 0. The number of hydrogen-bond donors (Lipinski definition) is 0. The molecular weight excluding hydrogens is 146 g/mol. The van der Waals surface area contributed by atoms with Crippen molar-refractivity contribution >= 4 is 11.5 Å². The van der Waals surface area contributed by atoms with E-state index >= 15 is 0 Å². The molecule has 3 nitrogen and oxygen atoms in total. The van der Waals surface area contributed by atoms with Crippen molar-refractivity contribution in [2.24, 2.45) is 0 Å². The molecule has 2 rings (SSSR count). The Hall–Kier alpha value is -0.900. The summed E-state index contributed by atoms with van der Waals surface area (Å²) >= 11 is 1.59. The Balaban J connectivity index is 2.95. The van der Waals surface area contributed by atoms with E-state index in [1.807, 2.05) is 27.0 Å². The smallest absolute Gasteiger partial charge is 0.114 e. The van der Waals surface area contributed by atoms with Crippen LogP contribution in [0.25, 0.3) is 0 Å². The first-order chi connectivity index (χ1) is 4.79. The molecule has 0 aliphatic carbocycles. The monoisotopic (exact) mass is 154 g/mol. The maximum atomic E-state index is 4.27. The molecule has 0 aliphatic heterocycles. The van der Waals surface area contributed by atoms with Gasteiger partial charge in [-0.2, -0.15) is 0 Å². The molecule has 10 heavy (non-hydrogen) atoms. The van der Waals surface area contributed by atoms with Crippen LogP contribution in [0, 0.1) is 13.8 Å². The van der Waals surface area contributed by atoms with Crippen LogP contribution in [0.5, 0.6) is 0 Å². The minimum absolute atomic E-state index is 1.09. The molecular formula is C6H8N3S+. The highest BCUT2D eigenvalue weighted by molar-refractivity contribution is 7.03. The van der Waals surface area contributed by atoms with Gasteiger partial charge in [0.1, 0.15) is 6.20 Å². The minimum atomic E-state index is 1.09. The molecule has 0 bridgehead atoms. The highest BCUT2D eigenvalue weighted by atomic mass is 32.1. The molecule has 2 aromatic rings. The van der Waals surface area contributed by atoms with Gasteiger partial charge < -0.3 is 0 Å². The molecule has 2 aromatic heterocycles. The third-order valence-corrected chi connectivity index (χ3v) is 2.33. The maximum Gasteiger partial charge on any atom is 0.220 e. The lowest BCUT2D eigenvalue weighted by atomic mass is 10.4. The van der Waals surface area contributed by atoms with Crippen molar-refractivity contribution in [1.29, 1.82) is 0 Å². The first-order valence-corrected chi connectivity index (χ1v) is 3.94. The van der Waals surface area contributed by atoms with E-state index in [4.69, 9.17) is 0 Å². The fraction of sp³-hybridized carbons (Fsp3) is 0.333. The quantitative estimate of drug-likeness (QED) is 0.509. The number of hydrogen-bond acceptors (Lipinski definition) is 2. The predicted molar refractivity (Wildman–Crippen MR) is 38.2 cm³/mol. The number of nitrogens with zero attached hydrogens (tertiary/aromatic N) is 3. The standard InChI is InChI=1S/C6H8N3S/c1-5-6(2)8-3-4-10-9(8)7-5/h3-4H,1-2H3/q+1. The van der Waals surface area contributed by atoms with E-state index in [1.165, 1.54) is 5.69 Å². The summed E-state index contributed by atoms with van der Waals surface area (Å²) in [4.78, 5) is 0. The summed E-state index contributed by atoms with van der Waals surface area (Å²) in [5.74, 6) is 0. The average Bonchev–Trinajstić information content (AvgIpc) is 2.41. The van der Waals surface area contributed by atoms with Crippen LogP contribution in [0.1, 0.15) is 11.4 Å². The molecule has 0 fully saturated rings. The third kappa shape index (κ3) is 0.593. The van der Waals surface area contributed by atoms with Gasteiger partial charge in [0.2, 0.25) is 5.69 Å². The van der Waals surface area contributed by atoms with Gasteiger partial charge in [0.15, 0.2) is 5.69 Å². The SMILES string of the molecule is Cc1nn2scc[n+]2c1C. The Morgan fingerprint density at radius 2 is 2.40 bits per heavy atom. The van der Waals surface area contributed by atoms with E-state index in [2.05, 4.69) is 12.0 Å². The second-order valence-corrected chi connectivity index (χ2v) is 3.07. The van der Waals surface area contributed by atoms with Crippen molar-refractivity contribution in [3.63, 3.8) is 0 Å². The second kappa shape index (κ2) is 1.79. The van der Waals surface area contributed by atoms with Gasteiger partial charge in [0.05, 0.1) is 10.5 Å². The Morgan fingerprint density at radius 3 is 3.10 bits per heavy atom. The van der Waals surface area contributed by atoms with Gasteiger partial charge >= 0.3 is 0 Å². The summed E-state index contributed by atoms with van der Waals surface area (Å²) in [6.07, 6.45) is 2.01. The van der Waals surface area contributed by atoms with E-state index in [1.54, 1.807) is 11.5 Å². The largest absolute Gasteiger partial charge is 0.220 e. The van der Waals surface area contributed by atoms with Crippen molar-refractivity contribution in [2.45, 2.75) is 13.8 Å². The van der Waals surface area contributed by atoms with E-state index in [9.17, 15) is 0 Å². The lowest BCUT2D eigenvalue weighted by molar-refractivity contribution is -0.618. The van der Waals surface area contributed by atoms with Crippen molar-refractivity contribution in [2.75, 3.05) is 0 Å². The van der Waals surface area contributed by atoms with Gasteiger partial charge in [-0.3, -0.25) is 0 Å². The molecule has 0 N–H and O–H groups in total. The number of fused-ring (bicyclic) bond motifs is 1. The lowest BCUT2D eigenvalue weighted by Crippen LogP contribution is -2.25. The fourth-order valence-corrected chi connectivity index (χ4v) is 1.65. The zero-order chi connectivity index (χ0) is 7.14. The van der Waals surface area contributed by atoms with Gasteiger partial charge in [-0.25, -0.2) is 0 Å². The topological polar surface area (TPSA) is 21.4 Å². The molecule has 0 amide bonds. The number of aryl methyl sites for hydroxylation is 2. The first kappa shape index (κ1) is 5.85. The van der Waals surface area contributed by atoms with Crippen LogP contribution in [0.2, 0.25) is 0 Å². The van der Waals surface area contributed by atoms with Crippen molar-refractivity contribution < 1.29 is 4.52 Å². The molecule has 0 spiro atoms. The minimum Gasteiger partial charge on any atom is -0.114 e. The van der Waals surface area contributed by atoms with E-state index in [0.29, 0.717) is 0 Å². The molecule has 0 aromatic carbocycles. The van der Waals surface area contributed by atoms with Crippen LogP contribution in [0.15, 0.2) is 11.6 Å². The maximum absolute atomic E-state index is 4.27. The average molecular weight is 154 g/mol. The molecule has 4 heteroatoms. The Labute approximate surface area is 62.7 Å². The summed E-state index contributed by atoms with van der Waals surface area (Å²) in [5.41, 5.74) is 2.30. The van der Waals surface area contributed by atoms with Crippen LogP contribution in [0.3, 0.4) is 0 Å². The first-order valence-electron chi connectivity index (χ1n) is 3.11. The lowest BCUT2D eigenvalue weighted by Gasteiger charge is -1.74. The van der Waals surface area contributed by atoms with Crippen LogP contribution < -0.4 is 4.52 Å². The van der Waals surface area contributed by atoms with E-state index in [-0.39, 0.29) is 0 Å². The normalized spacial score (nSPS) is 11.0. The van der Waals surface area contributed by atoms with Crippen LogP contribution in [-0.4, -0.2) is 9.12 Å². The van der Waals surface area contributed by atoms with Gasteiger partial charge in [0, 0.05) is 29.4 Å². The fourth-order valence-electron chi connectivity index (χ4n) is 0.925. The number of aromatic nitrogens is 3. The Kier molecular flexibility index (Phi) is 1.05. The molecule has 0 radical (unpaired) electrons.